The second kappa shape index (κ2) is 4.55. The third-order valence-electron chi connectivity index (χ3n) is 2.82. The van der Waals surface area contributed by atoms with E-state index in [1.807, 2.05) is 37.8 Å². The zero-order valence-corrected chi connectivity index (χ0v) is 10.7. The Morgan fingerprint density at radius 1 is 1.50 bits per heavy atom. The molecule has 0 N–H and O–H groups in total. The summed E-state index contributed by atoms with van der Waals surface area (Å²) in [6, 6.07) is 4.08. The van der Waals surface area contributed by atoms with Crippen LogP contribution >= 0.6 is 11.3 Å². The molecule has 1 saturated heterocycles. The highest BCUT2D eigenvalue weighted by molar-refractivity contribution is 7.13. The van der Waals surface area contributed by atoms with E-state index in [0.717, 1.165) is 4.88 Å². The molecule has 1 amide bonds. The molecule has 2 rings (SSSR count). The molecule has 0 unspecified atom stereocenters. The average molecular weight is 239 g/mol. The topological polar surface area (TPSA) is 29.5 Å². The van der Waals surface area contributed by atoms with Crippen molar-refractivity contribution in [3.63, 3.8) is 0 Å². The van der Waals surface area contributed by atoms with Gasteiger partial charge in [-0.15, -0.1) is 11.3 Å². The number of thiophene rings is 1. The summed E-state index contributed by atoms with van der Waals surface area (Å²) in [6.07, 6.45) is 0.140. The second-order valence-electron chi connectivity index (χ2n) is 4.36. The highest BCUT2D eigenvalue weighted by atomic mass is 32.1. The van der Waals surface area contributed by atoms with Crippen LogP contribution in [0, 0.1) is 6.92 Å². The van der Waals surface area contributed by atoms with Crippen molar-refractivity contribution in [2.45, 2.75) is 32.9 Å². The first-order chi connectivity index (χ1) is 7.58. The molecule has 16 heavy (non-hydrogen) atoms. The summed E-state index contributed by atoms with van der Waals surface area (Å²) in [5.74, 6) is 0.140. The maximum atomic E-state index is 12.2. The van der Waals surface area contributed by atoms with E-state index in [1.54, 1.807) is 11.3 Å². The molecular formula is C12H17NO2S. The van der Waals surface area contributed by atoms with Gasteiger partial charge in [-0.05, 0) is 32.9 Å². The van der Waals surface area contributed by atoms with E-state index >= 15 is 0 Å². The van der Waals surface area contributed by atoms with E-state index in [9.17, 15) is 4.79 Å². The number of aryl methyl sites for hydroxylation is 1. The van der Waals surface area contributed by atoms with Gasteiger partial charge in [-0.2, -0.15) is 0 Å². The molecule has 2 heterocycles. The third kappa shape index (κ3) is 2.28. The average Bonchev–Trinajstić information content (AvgIpc) is 2.67. The fraction of sp³-hybridized carbons (Fsp3) is 0.583. The Balaban J connectivity index is 2.14. The first-order valence-electron chi connectivity index (χ1n) is 5.57. The zero-order valence-electron chi connectivity index (χ0n) is 9.90. The number of hydrogen-bond donors (Lipinski definition) is 0. The standard InChI is InChI=1S/C12H17NO2S/c1-8-7-15-9(2)6-13(8)12(14)11-5-4-10(3)16-11/h4-5,8-9H,6-7H2,1-3H3/t8-,9+/m0/s1. The maximum Gasteiger partial charge on any atom is 0.264 e. The van der Waals surface area contributed by atoms with Crippen LogP contribution in [0.4, 0.5) is 0 Å². The van der Waals surface area contributed by atoms with Crippen LogP contribution in [0.3, 0.4) is 0 Å². The largest absolute Gasteiger partial charge is 0.375 e. The van der Waals surface area contributed by atoms with Gasteiger partial charge >= 0.3 is 0 Å². The van der Waals surface area contributed by atoms with Crippen LogP contribution in [0.1, 0.15) is 28.4 Å². The van der Waals surface area contributed by atoms with Gasteiger partial charge in [0.25, 0.3) is 5.91 Å². The Morgan fingerprint density at radius 2 is 2.25 bits per heavy atom. The number of hydrogen-bond acceptors (Lipinski definition) is 3. The lowest BCUT2D eigenvalue weighted by Crippen LogP contribution is -2.50. The molecule has 1 aliphatic heterocycles. The Labute approximate surface area is 100 Å². The first kappa shape index (κ1) is 11.6. The van der Waals surface area contributed by atoms with Gasteiger partial charge in [-0.3, -0.25) is 4.79 Å². The highest BCUT2D eigenvalue weighted by Gasteiger charge is 2.28. The van der Waals surface area contributed by atoms with Gasteiger partial charge in [0.05, 0.1) is 23.6 Å². The van der Waals surface area contributed by atoms with E-state index in [-0.39, 0.29) is 18.1 Å². The van der Waals surface area contributed by atoms with Crippen LogP contribution in [0.25, 0.3) is 0 Å². The van der Waals surface area contributed by atoms with Crippen LogP contribution < -0.4 is 0 Å². The van der Waals surface area contributed by atoms with Crippen LogP contribution in [0.5, 0.6) is 0 Å². The summed E-state index contributed by atoms with van der Waals surface area (Å²) in [6.45, 7) is 7.39. The van der Waals surface area contributed by atoms with Gasteiger partial charge in [0.2, 0.25) is 0 Å². The number of ether oxygens (including phenoxy) is 1. The van der Waals surface area contributed by atoms with Crippen molar-refractivity contribution in [3.05, 3.63) is 21.9 Å². The van der Waals surface area contributed by atoms with Crippen LogP contribution in [-0.4, -0.2) is 36.1 Å². The summed E-state index contributed by atoms with van der Waals surface area (Å²) in [7, 11) is 0. The monoisotopic (exact) mass is 239 g/mol. The smallest absolute Gasteiger partial charge is 0.264 e. The summed E-state index contributed by atoms with van der Waals surface area (Å²) in [4.78, 5) is 16.2. The van der Waals surface area contributed by atoms with Gasteiger partial charge in [0, 0.05) is 11.4 Å². The molecule has 2 atom stereocenters. The van der Waals surface area contributed by atoms with E-state index in [4.69, 9.17) is 4.74 Å². The summed E-state index contributed by atoms with van der Waals surface area (Å²) < 4.78 is 5.52. The molecule has 3 nitrogen and oxygen atoms in total. The zero-order chi connectivity index (χ0) is 11.7. The van der Waals surface area contributed by atoms with E-state index < -0.39 is 0 Å². The molecular weight excluding hydrogens is 222 g/mol. The molecule has 0 bridgehead atoms. The van der Waals surface area contributed by atoms with Crippen molar-refractivity contribution in [2.24, 2.45) is 0 Å². The Kier molecular flexibility index (Phi) is 3.30. The number of rotatable bonds is 1. The Hall–Kier alpha value is -0.870. The van der Waals surface area contributed by atoms with Gasteiger partial charge in [-0.1, -0.05) is 0 Å². The van der Waals surface area contributed by atoms with Crippen molar-refractivity contribution in [1.29, 1.82) is 0 Å². The molecule has 4 heteroatoms. The lowest BCUT2D eigenvalue weighted by atomic mass is 10.2. The SMILES string of the molecule is Cc1ccc(C(=O)N2C[C@@H](C)OC[C@@H]2C)s1. The fourth-order valence-electron chi connectivity index (χ4n) is 1.88. The first-order valence-corrected chi connectivity index (χ1v) is 6.38. The van der Waals surface area contributed by atoms with Gasteiger partial charge in [0.15, 0.2) is 0 Å². The minimum atomic E-state index is 0.140. The van der Waals surface area contributed by atoms with E-state index in [0.29, 0.717) is 13.2 Å². The van der Waals surface area contributed by atoms with Crippen molar-refractivity contribution in [3.8, 4) is 0 Å². The van der Waals surface area contributed by atoms with Crippen molar-refractivity contribution in [1.82, 2.24) is 4.90 Å². The Bertz CT molecular complexity index is 388. The van der Waals surface area contributed by atoms with Crippen LogP contribution in [-0.2, 0) is 4.74 Å². The molecule has 0 aromatic carbocycles. The van der Waals surface area contributed by atoms with E-state index in [1.165, 1.54) is 4.88 Å². The quantitative estimate of drug-likeness (QED) is 0.752. The second-order valence-corrected chi connectivity index (χ2v) is 5.65. The predicted octanol–water partition coefficient (Wildman–Crippen LogP) is 2.31. The third-order valence-corrected chi connectivity index (χ3v) is 3.81. The molecule has 1 aromatic rings. The van der Waals surface area contributed by atoms with E-state index in [2.05, 4.69) is 0 Å². The van der Waals surface area contributed by atoms with Crippen molar-refractivity contribution < 1.29 is 9.53 Å². The number of morpholine rings is 1. The van der Waals surface area contributed by atoms with Gasteiger partial charge < -0.3 is 9.64 Å². The summed E-state index contributed by atoms with van der Waals surface area (Å²) in [5.41, 5.74) is 0. The van der Waals surface area contributed by atoms with Gasteiger partial charge in [0.1, 0.15) is 0 Å². The Morgan fingerprint density at radius 3 is 2.88 bits per heavy atom. The summed E-state index contributed by atoms with van der Waals surface area (Å²) in [5, 5.41) is 0. The maximum absolute atomic E-state index is 12.2. The molecule has 1 aliphatic rings. The van der Waals surface area contributed by atoms with Crippen molar-refractivity contribution in [2.75, 3.05) is 13.2 Å². The lowest BCUT2D eigenvalue weighted by molar-refractivity contribution is -0.0385. The minimum Gasteiger partial charge on any atom is -0.375 e. The fourth-order valence-corrected chi connectivity index (χ4v) is 2.70. The molecule has 88 valence electrons. The predicted molar refractivity (Wildman–Crippen MR) is 65.0 cm³/mol. The molecule has 0 aliphatic carbocycles. The van der Waals surface area contributed by atoms with Crippen molar-refractivity contribution >= 4 is 17.2 Å². The molecule has 0 radical (unpaired) electrons. The number of amides is 1. The number of carbonyl (C=O) groups excluding carboxylic acids is 1. The number of nitrogens with zero attached hydrogens (tertiary/aromatic N) is 1. The molecule has 0 saturated carbocycles. The van der Waals surface area contributed by atoms with Crippen LogP contribution in [0.2, 0.25) is 0 Å². The van der Waals surface area contributed by atoms with Crippen LogP contribution in [0.15, 0.2) is 12.1 Å². The van der Waals surface area contributed by atoms with Gasteiger partial charge in [-0.25, -0.2) is 0 Å². The molecule has 1 aromatic heterocycles. The number of carbonyl (C=O) groups is 1. The lowest BCUT2D eigenvalue weighted by Gasteiger charge is -2.36. The normalized spacial score (nSPS) is 25.8. The molecule has 1 fully saturated rings. The molecule has 0 spiro atoms. The summed E-state index contributed by atoms with van der Waals surface area (Å²) >= 11 is 1.56. The minimum absolute atomic E-state index is 0.140. The highest BCUT2D eigenvalue weighted by Crippen LogP contribution is 2.20.